The van der Waals surface area contributed by atoms with E-state index in [1.165, 1.54) is 19.3 Å². The van der Waals surface area contributed by atoms with Gasteiger partial charge < -0.3 is 5.73 Å². The first-order valence-corrected chi connectivity index (χ1v) is 5.88. The highest BCUT2D eigenvalue weighted by atomic mass is 32.1. The summed E-state index contributed by atoms with van der Waals surface area (Å²) in [5, 5.41) is 0. The molecular weight excluding hydrogens is 192 g/mol. The fourth-order valence-corrected chi connectivity index (χ4v) is 2.84. The third-order valence-electron chi connectivity index (χ3n) is 3.18. The number of hydrogen-bond donors (Lipinski definition) is 1. The zero-order valence-corrected chi connectivity index (χ0v) is 10.3. The minimum Gasteiger partial charge on any atom is -0.392 e. The largest absolute Gasteiger partial charge is 0.392 e. The normalized spacial score (nSPS) is 33.3. The van der Waals surface area contributed by atoms with Gasteiger partial charge >= 0.3 is 0 Å². The van der Waals surface area contributed by atoms with E-state index >= 15 is 0 Å². The van der Waals surface area contributed by atoms with E-state index in [1.54, 1.807) is 0 Å². The summed E-state index contributed by atoms with van der Waals surface area (Å²) < 4.78 is 0. The van der Waals surface area contributed by atoms with Crippen LogP contribution in [0.2, 0.25) is 0 Å². The third-order valence-corrected chi connectivity index (χ3v) is 3.31. The molecule has 0 saturated heterocycles. The summed E-state index contributed by atoms with van der Waals surface area (Å²) in [4.78, 5) is 2.92. The van der Waals surface area contributed by atoms with Crippen LogP contribution in [0.3, 0.4) is 0 Å². The molecule has 2 nitrogen and oxygen atoms in total. The van der Waals surface area contributed by atoms with Gasteiger partial charge in [0.15, 0.2) is 0 Å². The summed E-state index contributed by atoms with van der Waals surface area (Å²) in [7, 11) is 2.13. The Kier molecular flexibility index (Phi) is 4.32. The summed E-state index contributed by atoms with van der Waals surface area (Å²) in [5.41, 5.74) is 5.56. The van der Waals surface area contributed by atoms with E-state index < -0.39 is 0 Å². The lowest BCUT2D eigenvalue weighted by Gasteiger charge is -2.37. The smallest absolute Gasteiger partial charge is 0.0870 e. The SMILES string of the molecule is CC1CC(C)CC(N(C)CC(N)=S)C1. The van der Waals surface area contributed by atoms with Crippen LogP contribution in [-0.2, 0) is 0 Å². The van der Waals surface area contributed by atoms with Gasteiger partial charge in [0.2, 0.25) is 0 Å². The van der Waals surface area contributed by atoms with Crippen LogP contribution >= 0.6 is 12.2 Å². The van der Waals surface area contributed by atoms with Gasteiger partial charge in [-0.15, -0.1) is 0 Å². The second-order valence-electron chi connectivity index (χ2n) is 4.95. The molecule has 1 aliphatic rings. The van der Waals surface area contributed by atoms with E-state index in [-0.39, 0.29) is 0 Å². The monoisotopic (exact) mass is 214 g/mol. The maximum Gasteiger partial charge on any atom is 0.0870 e. The average molecular weight is 214 g/mol. The maximum atomic E-state index is 5.56. The van der Waals surface area contributed by atoms with Gasteiger partial charge in [-0.1, -0.05) is 26.1 Å². The van der Waals surface area contributed by atoms with Gasteiger partial charge in [-0.25, -0.2) is 0 Å². The molecule has 0 spiro atoms. The van der Waals surface area contributed by atoms with Crippen LogP contribution in [0.15, 0.2) is 0 Å². The molecule has 0 heterocycles. The molecule has 2 atom stereocenters. The fourth-order valence-electron chi connectivity index (χ4n) is 2.64. The van der Waals surface area contributed by atoms with Crippen LogP contribution in [0, 0.1) is 11.8 Å². The quantitative estimate of drug-likeness (QED) is 0.729. The molecule has 1 aliphatic carbocycles. The van der Waals surface area contributed by atoms with Gasteiger partial charge in [0.25, 0.3) is 0 Å². The van der Waals surface area contributed by atoms with Crippen LogP contribution in [-0.4, -0.2) is 29.5 Å². The molecule has 0 bridgehead atoms. The summed E-state index contributed by atoms with van der Waals surface area (Å²) in [5.74, 6) is 1.69. The zero-order chi connectivity index (χ0) is 10.7. The number of nitrogens with zero attached hydrogens (tertiary/aromatic N) is 1. The average Bonchev–Trinajstić information content (AvgIpc) is 2.00. The molecule has 1 fully saturated rings. The van der Waals surface area contributed by atoms with Crippen LogP contribution in [0.25, 0.3) is 0 Å². The molecule has 2 N–H and O–H groups in total. The Bertz CT molecular complexity index is 195. The lowest BCUT2D eigenvalue weighted by atomic mass is 9.80. The minimum atomic E-state index is 0.610. The highest BCUT2D eigenvalue weighted by Gasteiger charge is 2.26. The van der Waals surface area contributed by atoms with Gasteiger partial charge in [0.1, 0.15) is 0 Å². The minimum absolute atomic E-state index is 0.610. The molecule has 14 heavy (non-hydrogen) atoms. The van der Waals surface area contributed by atoms with Crippen LogP contribution in [0.4, 0.5) is 0 Å². The lowest BCUT2D eigenvalue weighted by Crippen LogP contribution is -2.41. The molecule has 2 unspecified atom stereocenters. The summed E-state index contributed by atoms with van der Waals surface area (Å²) in [6.07, 6.45) is 3.96. The molecule has 0 aromatic rings. The van der Waals surface area contributed by atoms with Gasteiger partial charge in [-0.3, -0.25) is 4.90 Å². The Morgan fingerprint density at radius 3 is 2.21 bits per heavy atom. The number of hydrogen-bond acceptors (Lipinski definition) is 2. The molecule has 0 aromatic carbocycles. The molecule has 0 amide bonds. The van der Waals surface area contributed by atoms with E-state index in [4.69, 9.17) is 18.0 Å². The predicted octanol–water partition coefficient (Wildman–Crippen LogP) is 2.03. The van der Waals surface area contributed by atoms with Crippen molar-refractivity contribution in [2.24, 2.45) is 17.6 Å². The topological polar surface area (TPSA) is 29.3 Å². The highest BCUT2D eigenvalue weighted by molar-refractivity contribution is 7.80. The Hall–Kier alpha value is -0.150. The van der Waals surface area contributed by atoms with E-state index in [9.17, 15) is 0 Å². The van der Waals surface area contributed by atoms with E-state index in [0.29, 0.717) is 11.0 Å². The Balaban J connectivity index is 2.46. The van der Waals surface area contributed by atoms with Crippen molar-refractivity contribution < 1.29 is 0 Å². The second-order valence-corrected chi connectivity index (χ2v) is 5.48. The molecule has 3 heteroatoms. The number of thiocarbonyl (C=S) groups is 1. The number of nitrogens with two attached hydrogens (primary N) is 1. The fraction of sp³-hybridized carbons (Fsp3) is 0.909. The Labute approximate surface area is 92.8 Å². The van der Waals surface area contributed by atoms with Gasteiger partial charge in [0.05, 0.1) is 4.99 Å². The molecule has 0 aliphatic heterocycles. The van der Waals surface area contributed by atoms with Gasteiger partial charge in [0, 0.05) is 12.6 Å². The maximum absolute atomic E-state index is 5.56. The lowest BCUT2D eigenvalue weighted by molar-refractivity contribution is 0.147. The Morgan fingerprint density at radius 2 is 1.79 bits per heavy atom. The first kappa shape index (κ1) is 11.9. The van der Waals surface area contributed by atoms with Crippen molar-refractivity contribution in [2.75, 3.05) is 13.6 Å². The summed E-state index contributed by atoms with van der Waals surface area (Å²) >= 11 is 4.94. The first-order valence-electron chi connectivity index (χ1n) is 5.47. The van der Waals surface area contributed by atoms with Crippen LogP contribution in [0.1, 0.15) is 33.1 Å². The van der Waals surface area contributed by atoms with Crippen molar-refractivity contribution in [1.29, 1.82) is 0 Å². The first-order chi connectivity index (χ1) is 6.49. The van der Waals surface area contributed by atoms with Crippen LogP contribution in [0.5, 0.6) is 0 Å². The van der Waals surface area contributed by atoms with E-state index in [1.807, 2.05) is 0 Å². The van der Waals surface area contributed by atoms with Crippen molar-refractivity contribution in [1.82, 2.24) is 4.90 Å². The zero-order valence-electron chi connectivity index (χ0n) is 9.49. The second kappa shape index (κ2) is 5.08. The number of rotatable bonds is 3. The molecule has 0 radical (unpaired) electrons. The van der Waals surface area contributed by atoms with Crippen molar-refractivity contribution >= 4 is 17.2 Å². The van der Waals surface area contributed by atoms with Crippen molar-refractivity contribution in [3.63, 3.8) is 0 Å². The van der Waals surface area contributed by atoms with Gasteiger partial charge in [-0.05, 0) is 38.1 Å². The Morgan fingerprint density at radius 1 is 1.29 bits per heavy atom. The van der Waals surface area contributed by atoms with Crippen molar-refractivity contribution in [2.45, 2.75) is 39.2 Å². The standard InChI is InChI=1S/C11H22N2S/c1-8-4-9(2)6-10(5-8)13(3)7-11(12)14/h8-10H,4-7H2,1-3H3,(H2,12,14). The molecule has 1 rings (SSSR count). The summed E-state index contributed by atoms with van der Waals surface area (Å²) in [6.45, 7) is 5.45. The van der Waals surface area contributed by atoms with Crippen molar-refractivity contribution in [3.05, 3.63) is 0 Å². The van der Waals surface area contributed by atoms with Crippen LogP contribution < -0.4 is 5.73 Å². The third kappa shape index (κ3) is 3.54. The molecule has 0 aromatic heterocycles. The van der Waals surface area contributed by atoms with E-state index in [0.717, 1.165) is 18.4 Å². The molecule has 82 valence electrons. The van der Waals surface area contributed by atoms with E-state index in [2.05, 4.69) is 25.8 Å². The predicted molar refractivity (Wildman–Crippen MR) is 65.4 cm³/mol. The molecule has 1 saturated carbocycles. The van der Waals surface area contributed by atoms with Gasteiger partial charge in [-0.2, -0.15) is 0 Å². The molecular formula is C11H22N2S. The highest BCUT2D eigenvalue weighted by Crippen LogP contribution is 2.30. The number of likely N-dealkylation sites (N-methyl/N-ethyl adjacent to an activating group) is 1. The van der Waals surface area contributed by atoms with Crippen molar-refractivity contribution in [3.8, 4) is 0 Å². The summed E-state index contributed by atoms with van der Waals surface area (Å²) in [6, 6.07) is 0.676.